The van der Waals surface area contributed by atoms with Crippen LogP contribution in [-0.2, 0) is 20.1 Å². The van der Waals surface area contributed by atoms with Crippen molar-refractivity contribution in [2.45, 2.75) is 20.0 Å². The van der Waals surface area contributed by atoms with Crippen molar-refractivity contribution >= 4 is 17.3 Å². The zero-order chi connectivity index (χ0) is 14.7. The Morgan fingerprint density at radius 1 is 1.40 bits per heavy atom. The van der Waals surface area contributed by atoms with Crippen LogP contribution in [0.4, 0.5) is 11.4 Å². The summed E-state index contributed by atoms with van der Waals surface area (Å²) >= 11 is 0. The third kappa shape index (κ3) is 2.65. The molecular formula is C14H18N4O2. The Morgan fingerprint density at radius 2 is 2.05 bits per heavy atom. The number of nitrogens with two attached hydrogens (primary N) is 1. The van der Waals surface area contributed by atoms with Crippen LogP contribution < -0.4 is 11.1 Å². The molecule has 1 heterocycles. The highest BCUT2D eigenvalue weighted by Crippen LogP contribution is 2.19. The zero-order valence-corrected chi connectivity index (χ0v) is 11.6. The van der Waals surface area contributed by atoms with E-state index in [0.717, 1.165) is 5.56 Å². The van der Waals surface area contributed by atoms with Crippen molar-refractivity contribution in [3.05, 3.63) is 41.2 Å². The minimum atomic E-state index is -0.297. The average Bonchev–Trinajstić information content (AvgIpc) is 2.74. The minimum Gasteiger partial charge on any atom is -0.395 e. The Bertz CT molecular complexity index is 617. The second-order valence-electron chi connectivity index (χ2n) is 4.50. The summed E-state index contributed by atoms with van der Waals surface area (Å²) in [5.41, 5.74) is 8.86. The van der Waals surface area contributed by atoms with E-state index >= 15 is 0 Å². The SMILES string of the molecule is CCc1nn(C)c(C(=O)Nc2ccc(CO)cc2)c1N. The lowest BCUT2D eigenvalue weighted by molar-refractivity contribution is 0.101. The first kappa shape index (κ1) is 14.1. The zero-order valence-electron chi connectivity index (χ0n) is 11.6. The summed E-state index contributed by atoms with van der Waals surface area (Å²) in [5.74, 6) is -0.297. The molecule has 0 fully saturated rings. The van der Waals surface area contributed by atoms with Crippen LogP contribution in [0.15, 0.2) is 24.3 Å². The topological polar surface area (TPSA) is 93.2 Å². The van der Waals surface area contributed by atoms with Gasteiger partial charge in [-0.15, -0.1) is 0 Å². The Hall–Kier alpha value is -2.34. The van der Waals surface area contributed by atoms with Crippen LogP contribution in [0.5, 0.6) is 0 Å². The van der Waals surface area contributed by atoms with Gasteiger partial charge in [0.05, 0.1) is 18.0 Å². The Balaban J connectivity index is 2.21. The van der Waals surface area contributed by atoms with Crippen molar-refractivity contribution in [3.63, 3.8) is 0 Å². The first-order valence-electron chi connectivity index (χ1n) is 6.39. The number of hydrogen-bond donors (Lipinski definition) is 3. The highest BCUT2D eigenvalue weighted by molar-refractivity contribution is 6.06. The first-order valence-corrected chi connectivity index (χ1v) is 6.39. The van der Waals surface area contributed by atoms with Gasteiger partial charge in [-0.3, -0.25) is 9.48 Å². The summed E-state index contributed by atoms with van der Waals surface area (Å²) in [6, 6.07) is 6.97. The summed E-state index contributed by atoms with van der Waals surface area (Å²) in [5, 5.41) is 16.0. The van der Waals surface area contributed by atoms with Gasteiger partial charge in [0.2, 0.25) is 0 Å². The number of nitrogens with zero attached hydrogens (tertiary/aromatic N) is 2. The second-order valence-corrected chi connectivity index (χ2v) is 4.50. The fourth-order valence-corrected chi connectivity index (χ4v) is 2.01. The van der Waals surface area contributed by atoms with Crippen LogP contribution in [0.1, 0.15) is 28.7 Å². The van der Waals surface area contributed by atoms with E-state index in [0.29, 0.717) is 29.2 Å². The van der Waals surface area contributed by atoms with Gasteiger partial charge in [0.25, 0.3) is 5.91 Å². The van der Waals surface area contributed by atoms with Crippen LogP contribution >= 0.6 is 0 Å². The van der Waals surface area contributed by atoms with Crippen LogP contribution in [0, 0.1) is 0 Å². The molecule has 2 aromatic rings. The van der Waals surface area contributed by atoms with Crippen molar-refractivity contribution in [2.24, 2.45) is 7.05 Å². The summed E-state index contributed by atoms with van der Waals surface area (Å²) < 4.78 is 1.49. The van der Waals surface area contributed by atoms with Gasteiger partial charge in [0, 0.05) is 12.7 Å². The summed E-state index contributed by atoms with van der Waals surface area (Å²) in [7, 11) is 1.69. The van der Waals surface area contributed by atoms with Crippen molar-refractivity contribution in [2.75, 3.05) is 11.1 Å². The fourth-order valence-electron chi connectivity index (χ4n) is 2.01. The number of amides is 1. The standard InChI is InChI=1S/C14H18N4O2/c1-3-11-12(15)13(18(2)17-11)14(20)16-10-6-4-9(8-19)5-7-10/h4-7,19H,3,8,15H2,1-2H3,(H,16,20). The molecule has 1 amide bonds. The van der Waals surface area contributed by atoms with E-state index in [4.69, 9.17) is 10.8 Å². The number of hydrogen-bond acceptors (Lipinski definition) is 4. The fraction of sp³-hybridized carbons (Fsp3) is 0.286. The highest BCUT2D eigenvalue weighted by atomic mass is 16.3. The van der Waals surface area contributed by atoms with Crippen molar-refractivity contribution < 1.29 is 9.90 Å². The molecule has 0 saturated carbocycles. The number of carbonyl (C=O) groups is 1. The molecule has 6 nitrogen and oxygen atoms in total. The van der Waals surface area contributed by atoms with E-state index in [1.54, 1.807) is 31.3 Å². The molecule has 0 aliphatic rings. The predicted molar refractivity (Wildman–Crippen MR) is 77.3 cm³/mol. The van der Waals surface area contributed by atoms with Gasteiger partial charge in [-0.25, -0.2) is 0 Å². The summed E-state index contributed by atoms with van der Waals surface area (Å²) in [6.45, 7) is 1.91. The quantitative estimate of drug-likeness (QED) is 0.783. The molecule has 4 N–H and O–H groups in total. The number of aliphatic hydroxyl groups is 1. The maximum absolute atomic E-state index is 12.2. The molecule has 2 rings (SSSR count). The number of aromatic nitrogens is 2. The van der Waals surface area contributed by atoms with Gasteiger partial charge in [0.15, 0.2) is 0 Å². The third-order valence-electron chi connectivity index (χ3n) is 3.10. The van der Waals surface area contributed by atoms with Gasteiger partial charge in [0.1, 0.15) is 5.69 Å². The Morgan fingerprint density at radius 3 is 2.55 bits per heavy atom. The molecule has 0 aliphatic carbocycles. The largest absolute Gasteiger partial charge is 0.395 e. The molecule has 0 atom stereocenters. The summed E-state index contributed by atoms with van der Waals surface area (Å²) in [4.78, 5) is 12.2. The van der Waals surface area contributed by atoms with Gasteiger partial charge in [-0.1, -0.05) is 19.1 Å². The number of aliphatic hydroxyl groups excluding tert-OH is 1. The van der Waals surface area contributed by atoms with E-state index in [2.05, 4.69) is 10.4 Å². The van der Waals surface area contributed by atoms with Crippen LogP contribution in [0.25, 0.3) is 0 Å². The number of aryl methyl sites for hydroxylation is 2. The van der Waals surface area contributed by atoms with Gasteiger partial charge < -0.3 is 16.2 Å². The molecule has 0 radical (unpaired) electrons. The second kappa shape index (κ2) is 5.75. The number of benzene rings is 1. The Kier molecular flexibility index (Phi) is 4.05. The molecule has 0 aliphatic heterocycles. The monoisotopic (exact) mass is 274 g/mol. The molecule has 20 heavy (non-hydrogen) atoms. The lowest BCUT2D eigenvalue weighted by atomic mass is 10.2. The molecule has 0 bridgehead atoms. The van der Waals surface area contributed by atoms with Crippen molar-refractivity contribution in [3.8, 4) is 0 Å². The van der Waals surface area contributed by atoms with E-state index in [-0.39, 0.29) is 12.5 Å². The number of anilines is 2. The number of nitrogen functional groups attached to an aromatic ring is 1. The van der Waals surface area contributed by atoms with E-state index in [1.165, 1.54) is 4.68 Å². The minimum absolute atomic E-state index is 0.0250. The van der Waals surface area contributed by atoms with Crippen LogP contribution in [-0.4, -0.2) is 20.8 Å². The van der Waals surface area contributed by atoms with E-state index in [1.807, 2.05) is 6.92 Å². The van der Waals surface area contributed by atoms with Crippen molar-refractivity contribution in [1.82, 2.24) is 9.78 Å². The molecule has 0 unspecified atom stereocenters. The average molecular weight is 274 g/mol. The molecule has 1 aromatic carbocycles. The van der Waals surface area contributed by atoms with Gasteiger partial charge in [-0.05, 0) is 24.1 Å². The number of carbonyl (C=O) groups excluding carboxylic acids is 1. The molecule has 6 heteroatoms. The highest BCUT2D eigenvalue weighted by Gasteiger charge is 2.19. The smallest absolute Gasteiger partial charge is 0.276 e. The lowest BCUT2D eigenvalue weighted by Crippen LogP contribution is -2.17. The van der Waals surface area contributed by atoms with Gasteiger partial charge in [-0.2, -0.15) is 5.10 Å². The Labute approximate surface area is 117 Å². The van der Waals surface area contributed by atoms with Crippen LogP contribution in [0.3, 0.4) is 0 Å². The first-order chi connectivity index (χ1) is 9.56. The molecule has 1 aromatic heterocycles. The maximum Gasteiger partial charge on any atom is 0.276 e. The van der Waals surface area contributed by atoms with E-state index in [9.17, 15) is 4.79 Å². The maximum atomic E-state index is 12.2. The van der Waals surface area contributed by atoms with Crippen LogP contribution in [0.2, 0.25) is 0 Å². The van der Waals surface area contributed by atoms with Crippen molar-refractivity contribution in [1.29, 1.82) is 0 Å². The molecule has 106 valence electrons. The third-order valence-corrected chi connectivity index (χ3v) is 3.10. The molecule has 0 spiro atoms. The predicted octanol–water partition coefficient (Wildman–Crippen LogP) is 1.31. The molecular weight excluding hydrogens is 256 g/mol. The van der Waals surface area contributed by atoms with E-state index < -0.39 is 0 Å². The number of nitrogens with one attached hydrogen (secondary N) is 1. The van der Waals surface area contributed by atoms with Gasteiger partial charge >= 0.3 is 0 Å². The molecule has 0 saturated heterocycles. The summed E-state index contributed by atoms with van der Waals surface area (Å²) in [6.07, 6.45) is 0.679. The normalized spacial score (nSPS) is 10.6. The number of rotatable bonds is 4. The lowest BCUT2D eigenvalue weighted by Gasteiger charge is -2.07.